The van der Waals surface area contributed by atoms with Crippen LogP contribution < -0.4 is 66.3 Å². The Kier molecular flexibility index (Phi) is 29.6. The first-order valence-electron chi connectivity index (χ1n) is 45.8. The summed E-state index contributed by atoms with van der Waals surface area (Å²) in [6.45, 7) is 16.2. The minimum Gasteiger partial charge on any atom is -0.508 e. The van der Waals surface area contributed by atoms with Crippen molar-refractivity contribution in [3.8, 4) is 109 Å². The molecule has 0 spiro atoms. The van der Waals surface area contributed by atoms with Crippen LogP contribution in [0.25, 0.3) is 55.7 Å². The van der Waals surface area contributed by atoms with Crippen LogP contribution in [0.15, 0.2) is 297 Å². The van der Waals surface area contributed by atoms with Crippen LogP contribution in [0.5, 0.6) is 109 Å². The zero-order valence-electron chi connectivity index (χ0n) is 81.3. The number of fused-ring (bicyclic) bond motifs is 5. The summed E-state index contributed by atoms with van der Waals surface area (Å²) in [5.41, 5.74) is 33.7. The molecule has 5 N–H and O–H groups in total. The van der Waals surface area contributed by atoms with Gasteiger partial charge in [0.15, 0.2) is 11.5 Å². The van der Waals surface area contributed by atoms with Crippen LogP contribution in [-0.4, -0.2) is 123 Å². The Balaban J connectivity index is 0.000000126. The van der Waals surface area contributed by atoms with E-state index in [4.69, 9.17) is 66.3 Å². The Morgan fingerprint density at radius 3 is 0.600 bits per heavy atom. The van der Waals surface area contributed by atoms with Gasteiger partial charge in [0.25, 0.3) is 0 Å². The molecule has 0 fully saturated rings. The van der Waals surface area contributed by atoms with Gasteiger partial charge in [-0.25, -0.2) is 0 Å². The monoisotopic (exact) mass is 1870 g/mol. The highest BCUT2D eigenvalue weighted by atomic mass is 16.5. The molecule has 5 heterocycles. The summed E-state index contributed by atoms with van der Waals surface area (Å²) in [6, 6.07) is 96.1. The zero-order valence-corrected chi connectivity index (χ0v) is 81.3. The molecule has 19 heteroatoms. The van der Waals surface area contributed by atoms with Crippen LogP contribution in [0.2, 0.25) is 0 Å². The van der Waals surface area contributed by atoms with Crippen LogP contribution in [0, 0.1) is 48.5 Å². The van der Waals surface area contributed by atoms with Crippen molar-refractivity contribution in [1.29, 1.82) is 0 Å². The van der Waals surface area contributed by atoms with E-state index in [-0.39, 0.29) is 28.7 Å². The summed E-state index contributed by atoms with van der Waals surface area (Å²) in [6.07, 6.45) is 0. The quantitative estimate of drug-likeness (QED) is 0.0507. The molecule has 19 nitrogen and oxygen atoms in total. The fraction of sp³-hybridized carbons (Fsp3) is 0.174. The van der Waals surface area contributed by atoms with Crippen LogP contribution in [0.1, 0.15) is 122 Å². The number of aromatic hydroxyl groups is 5. The van der Waals surface area contributed by atoms with E-state index in [2.05, 4.69) is 100 Å². The minimum absolute atomic E-state index is 0.218. The standard InChI is InChI=1S/C25H24O5.C25H24O3.C24H22O4.C24H22O3.C23H20O4/c1-15-21(26)11-10-19-24(16-5-8-18(27-2)9-6-16)20(14-30-25(15)19)17-7-12-22(28-3)23(13-17)29-4;1-16-5-14-22-24(19-8-12-21(27-4)13-9-19)23(15-28-25(22)17(16)2)18-6-10-20(26-3)11-7-18;1-15-22(25)13-12-20-23(17-6-10-19(27-3)11-7-17)21(14-28-24(15)20)16-4-8-18(26-2)9-5-16;1-15-4-13-21-23(18-7-11-20(26-3)12-8-18)22(14-27-24(21)16(15)2)17-5-9-19(25)10-6-17;1-14-21(25)12-11-19-22(16-5-9-18(26-2)10-6-16)20(13-27-23(14)19)15-3-7-17(24)8-4-15/h5-13,26H,14H2,1-4H3;5-14H,15H2,1-4H3;4-13,25H,14H2,1-3H3;4-13,25H,14H2,1-3H3;3-12,24-25H,13H2,1-2H3. The molecular formula is C121H112O19. The third-order valence-corrected chi connectivity index (χ3v) is 26.1. The van der Waals surface area contributed by atoms with Crippen molar-refractivity contribution in [2.75, 3.05) is 97.0 Å². The van der Waals surface area contributed by atoms with Gasteiger partial charge in [-0.05, 0) is 312 Å². The Hall–Kier alpha value is -16.8. The van der Waals surface area contributed by atoms with Crippen LogP contribution in [-0.2, 0) is 0 Å². The first-order valence-corrected chi connectivity index (χ1v) is 45.8. The van der Waals surface area contributed by atoms with Gasteiger partial charge in [-0.1, -0.05) is 140 Å². The topological polar surface area (TPSA) is 230 Å². The van der Waals surface area contributed by atoms with Crippen LogP contribution in [0.3, 0.4) is 0 Å². The molecule has 5 aliphatic heterocycles. The predicted octanol–water partition coefficient (Wildman–Crippen LogP) is 26.0. The van der Waals surface area contributed by atoms with E-state index in [1.165, 1.54) is 33.4 Å². The predicted molar refractivity (Wildman–Crippen MR) is 554 cm³/mol. The molecule has 0 unspecified atom stereocenters. The second-order valence-electron chi connectivity index (χ2n) is 34.0. The van der Waals surface area contributed by atoms with Gasteiger partial charge in [0.1, 0.15) is 131 Å². The van der Waals surface area contributed by atoms with Gasteiger partial charge >= 0.3 is 0 Å². The van der Waals surface area contributed by atoms with Crippen molar-refractivity contribution in [1.82, 2.24) is 0 Å². The van der Waals surface area contributed by atoms with E-state index >= 15 is 0 Å². The van der Waals surface area contributed by atoms with Gasteiger partial charge in [0, 0.05) is 72.4 Å². The van der Waals surface area contributed by atoms with Gasteiger partial charge in [-0.2, -0.15) is 0 Å². The molecule has 0 radical (unpaired) electrons. The first-order chi connectivity index (χ1) is 68.0. The molecule has 710 valence electrons. The molecule has 15 aromatic rings. The number of ether oxygens (including phenoxy) is 14. The van der Waals surface area contributed by atoms with Gasteiger partial charge in [-0.15, -0.1) is 0 Å². The van der Waals surface area contributed by atoms with Gasteiger partial charge in [0.2, 0.25) is 0 Å². The summed E-state index contributed by atoms with van der Waals surface area (Å²) in [5.74, 6) is 12.3. The maximum Gasteiger partial charge on any atom is 0.161 e. The summed E-state index contributed by atoms with van der Waals surface area (Å²) in [4.78, 5) is 0. The molecule has 0 saturated carbocycles. The lowest BCUT2D eigenvalue weighted by Gasteiger charge is -2.27. The highest BCUT2D eigenvalue weighted by Gasteiger charge is 2.33. The maximum atomic E-state index is 10.2. The average Bonchev–Trinajstić information content (AvgIpc) is 0.764. The molecule has 20 rings (SSSR count). The molecule has 140 heavy (non-hydrogen) atoms. The third kappa shape index (κ3) is 20.2. The third-order valence-electron chi connectivity index (χ3n) is 26.1. The second kappa shape index (κ2) is 43.0. The lowest BCUT2D eigenvalue weighted by molar-refractivity contribution is 0.353. The number of rotatable bonds is 19. The molecule has 15 aromatic carbocycles. The summed E-state index contributed by atoms with van der Waals surface area (Å²) in [5, 5.41) is 49.6. The van der Waals surface area contributed by atoms with Gasteiger partial charge < -0.3 is 91.8 Å². The lowest BCUT2D eigenvalue weighted by atomic mass is 9.86. The Labute approximate surface area is 817 Å². The molecule has 0 aliphatic carbocycles. The fourth-order valence-electron chi connectivity index (χ4n) is 17.9. The van der Waals surface area contributed by atoms with Crippen molar-refractivity contribution >= 4 is 55.7 Å². The van der Waals surface area contributed by atoms with Crippen molar-refractivity contribution in [3.63, 3.8) is 0 Å². The number of benzene rings is 15. The van der Waals surface area contributed by atoms with E-state index in [9.17, 15) is 25.5 Å². The van der Waals surface area contributed by atoms with Gasteiger partial charge in [0.05, 0.1) is 64.0 Å². The highest BCUT2D eigenvalue weighted by molar-refractivity contribution is 6.07. The molecule has 0 atom stereocenters. The fourth-order valence-corrected chi connectivity index (χ4v) is 17.9. The van der Waals surface area contributed by atoms with E-state index in [1.54, 1.807) is 106 Å². The highest BCUT2D eigenvalue weighted by Crippen LogP contribution is 2.52. The summed E-state index contributed by atoms with van der Waals surface area (Å²) < 4.78 is 78.7. The maximum absolute atomic E-state index is 10.2. The number of phenols is 5. The Morgan fingerprint density at radius 2 is 0.379 bits per heavy atom. The van der Waals surface area contributed by atoms with E-state index in [1.807, 2.05) is 203 Å². The number of methoxy groups -OCH3 is 9. The van der Waals surface area contributed by atoms with Crippen molar-refractivity contribution in [2.24, 2.45) is 0 Å². The van der Waals surface area contributed by atoms with E-state index in [0.29, 0.717) is 56.0 Å². The number of aryl methyl sites for hydroxylation is 2. The van der Waals surface area contributed by atoms with Crippen LogP contribution >= 0.6 is 0 Å². The number of hydrogen-bond donors (Lipinski definition) is 5. The van der Waals surface area contributed by atoms with Crippen molar-refractivity contribution in [2.45, 2.75) is 48.5 Å². The summed E-state index contributed by atoms with van der Waals surface area (Å²) >= 11 is 0. The van der Waals surface area contributed by atoms with Crippen molar-refractivity contribution < 1.29 is 91.8 Å². The molecular weight excluding hydrogens is 1760 g/mol. The van der Waals surface area contributed by atoms with Crippen LogP contribution in [0.4, 0.5) is 0 Å². The minimum atomic E-state index is 0.218. The second-order valence-corrected chi connectivity index (χ2v) is 34.0. The Bertz CT molecular complexity index is 6870. The van der Waals surface area contributed by atoms with Crippen molar-refractivity contribution in [3.05, 3.63) is 420 Å². The lowest BCUT2D eigenvalue weighted by Crippen LogP contribution is -2.13. The number of phenolic OH excluding ortho intramolecular Hbond substituents is 5. The average molecular weight is 1870 g/mol. The normalized spacial score (nSPS) is 13.0. The Morgan fingerprint density at radius 1 is 0.186 bits per heavy atom. The largest absolute Gasteiger partial charge is 0.508 e. The zero-order chi connectivity index (χ0) is 98.5. The number of hydrogen-bond acceptors (Lipinski definition) is 19. The smallest absolute Gasteiger partial charge is 0.161 e. The SMILES string of the molecule is COc1ccc(C2=C(c3ccc(O)cc3)COc3c2ccc(C)c3C)cc1.COc1ccc(C2=C(c3ccc(O)cc3)COc3c2ccc(O)c3C)cc1.COc1ccc(C2=C(c3ccc(OC)c(OC)c3)COc3c2ccc(O)c3C)cc1.COc1ccc(C2=C(c3ccc(OC)cc3)c3ccc(C)c(C)c3OC2)cc1.COc1ccc(C2=C(c3ccc(OC)cc3)c3ccc(O)c(C)c3OC2)cc1. The molecule has 5 aliphatic rings. The first kappa shape index (κ1) is 96.3. The van der Waals surface area contributed by atoms with E-state index in [0.717, 1.165) is 202 Å². The summed E-state index contributed by atoms with van der Waals surface area (Å²) in [7, 11) is 14.9. The van der Waals surface area contributed by atoms with Gasteiger partial charge in [-0.3, -0.25) is 0 Å². The van der Waals surface area contributed by atoms with E-state index < -0.39 is 0 Å². The molecule has 0 saturated heterocycles. The molecule has 0 bridgehead atoms. The molecule has 0 aromatic heterocycles. The molecule has 0 amide bonds.